The van der Waals surface area contributed by atoms with Crippen LogP contribution in [0.5, 0.6) is 0 Å². The van der Waals surface area contributed by atoms with Gasteiger partial charge in [-0.15, -0.1) is 11.3 Å². The van der Waals surface area contributed by atoms with Crippen molar-refractivity contribution >= 4 is 39.5 Å². The molecule has 0 aliphatic heterocycles. The largest absolute Gasteiger partial charge is 0.294 e. The second kappa shape index (κ2) is 5.16. The molecule has 0 unspecified atom stereocenters. The van der Waals surface area contributed by atoms with Crippen molar-refractivity contribution in [1.82, 2.24) is 0 Å². The molecule has 1 aromatic heterocycles. The van der Waals surface area contributed by atoms with E-state index in [2.05, 4.69) is 0 Å². The Hall–Kier alpha value is -1.64. The van der Waals surface area contributed by atoms with Gasteiger partial charge in [-0.3, -0.25) is 4.79 Å². The average Bonchev–Trinajstić information content (AvgIpc) is 2.84. The van der Waals surface area contributed by atoms with Crippen molar-refractivity contribution in [2.24, 2.45) is 0 Å². The van der Waals surface area contributed by atoms with Gasteiger partial charge in [0.25, 0.3) is 0 Å². The topological polar surface area (TPSA) is 17.1 Å². The Morgan fingerprint density at radius 1 is 1.05 bits per heavy atom. The maximum absolute atomic E-state index is 12.3. The number of ketones is 1. The lowest BCUT2D eigenvalue weighted by atomic mass is 10.0. The molecule has 0 aliphatic rings. The molecule has 0 spiro atoms. The first kappa shape index (κ1) is 12.4. The Morgan fingerprint density at radius 2 is 1.84 bits per heavy atom. The Bertz CT molecular complexity index is 745. The van der Waals surface area contributed by atoms with E-state index < -0.39 is 0 Å². The fourth-order valence-corrected chi connectivity index (χ4v) is 3.16. The molecule has 0 saturated carbocycles. The van der Waals surface area contributed by atoms with E-state index in [1.165, 1.54) is 11.3 Å². The molecule has 19 heavy (non-hydrogen) atoms. The smallest absolute Gasteiger partial charge is 0.168 e. The van der Waals surface area contributed by atoms with Crippen LogP contribution in [0.15, 0.2) is 53.9 Å². The van der Waals surface area contributed by atoms with Crippen LogP contribution >= 0.6 is 22.9 Å². The molecule has 0 atom stereocenters. The molecule has 0 saturated heterocycles. The van der Waals surface area contributed by atoms with Crippen LogP contribution in [0.2, 0.25) is 5.02 Å². The summed E-state index contributed by atoms with van der Waals surface area (Å²) in [7, 11) is 0. The predicted molar refractivity (Wildman–Crippen MR) is 81.3 cm³/mol. The van der Waals surface area contributed by atoms with Crippen LogP contribution in [-0.4, -0.2) is 5.78 Å². The Balaban J connectivity index is 1.91. The van der Waals surface area contributed by atoms with E-state index in [1.807, 2.05) is 53.9 Å². The first-order chi connectivity index (χ1) is 9.24. The summed E-state index contributed by atoms with van der Waals surface area (Å²) < 4.78 is 0. The Kier molecular flexibility index (Phi) is 3.36. The van der Waals surface area contributed by atoms with Gasteiger partial charge in [-0.05, 0) is 28.3 Å². The lowest BCUT2D eigenvalue weighted by molar-refractivity contribution is 0.0994. The van der Waals surface area contributed by atoms with E-state index in [9.17, 15) is 4.79 Å². The number of Topliss-reactive ketones (excluding diaryl/α,β-unsaturated/α-hetero) is 1. The lowest BCUT2D eigenvalue weighted by Gasteiger charge is -2.03. The third-order valence-electron chi connectivity index (χ3n) is 3.08. The van der Waals surface area contributed by atoms with E-state index in [-0.39, 0.29) is 5.78 Å². The molecule has 3 heteroatoms. The minimum absolute atomic E-state index is 0.107. The van der Waals surface area contributed by atoms with Crippen LogP contribution in [0.25, 0.3) is 10.8 Å². The van der Waals surface area contributed by atoms with E-state index in [4.69, 9.17) is 11.6 Å². The third-order valence-corrected chi connectivity index (χ3v) is 4.47. The summed E-state index contributed by atoms with van der Waals surface area (Å²) in [5.41, 5.74) is 0.739. The van der Waals surface area contributed by atoms with Crippen LogP contribution in [0.3, 0.4) is 0 Å². The number of rotatable bonds is 3. The number of hydrogen-bond acceptors (Lipinski definition) is 2. The van der Waals surface area contributed by atoms with Gasteiger partial charge in [-0.2, -0.15) is 0 Å². The second-order valence-corrected chi connectivity index (χ2v) is 5.76. The van der Waals surface area contributed by atoms with E-state index in [1.54, 1.807) is 0 Å². The SMILES string of the molecule is O=C(Cc1sccc1Cl)c1ccc2ccccc2c1. The molecule has 0 N–H and O–H groups in total. The van der Waals surface area contributed by atoms with Crippen molar-refractivity contribution in [3.63, 3.8) is 0 Å². The molecular formula is C16H11ClOS. The molecule has 0 radical (unpaired) electrons. The van der Waals surface area contributed by atoms with Gasteiger partial charge in [0.1, 0.15) is 0 Å². The summed E-state index contributed by atoms with van der Waals surface area (Å²) in [6, 6.07) is 15.7. The molecular weight excluding hydrogens is 276 g/mol. The number of carbonyl (C=O) groups is 1. The van der Waals surface area contributed by atoms with Crippen molar-refractivity contribution in [1.29, 1.82) is 0 Å². The molecule has 94 valence electrons. The molecule has 1 nitrogen and oxygen atoms in total. The van der Waals surface area contributed by atoms with E-state index in [0.717, 1.165) is 21.2 Å². The zero-order valence-electron chi connectivity index (χ0n) is 10.1. The van der Waals surface area contributed by atoms with E-state index in [0.29, 0.717) is 11.4 Å². The van der Waals surface area contributed by atoms with E-state index >= 15 is 0 Å². The summed E-state index contributed by atoms with van der Waals surface area (Å²) in [6.07, 6.45) is 0.370. The summed E-state index contributed by atoms with van der Waals surface area (Å²) in [5, 5.41) is 4.82. The minimum atomic E-state index is 0.107. The Morgan fingerprint density at radius 3 is 2.58 bits per heavy atom. The second-order valence-electron chi connectivity index (χ2n) is 4.35. The number of benzene rings is 2. The van der Waals surface area contributed by atoms with Gasteiger partial charge in [-0.25, -0.2) is 0 Å². The van der Waals surface area contributed by atoms with Gasteiger partial charge in [-0.1, -0.05) is 48.0 Å². The van der Waals surface area contributed by atoms with Gasteiger partial charge in [0.2, 0.25) is 0 Å². The van der Waals surface area contributed by atoms with Crippen molar-refractivity contribution in [2.45, 2.75) is 6.42 Å². The summed E-state index contributed by atoms with van der Waals surface area (Å²) >= 11 is 7.55. The van der Waals surface area contributed by atoms with Gasteiger partial charge in [0.05, 0.1) is 5.02 Å². The summed E-state index contributed by atoms with van der Waals surface area (Å²) in [5.74, 6) is 0.107. The standard InChI is InChI=1S/C16H11ClOS/c17-14-7-8-19-16(14)10-15(18)13-6-5-11-3-1-2-4-12(11)9-13/h1-9H,10H2. The lowest BCUT2D eigenvalue weighted by Crippen LogP contribution is -2.02. The van der Waals surface area contributed by atoms with Crippen LogP contribution in [0, 0.1) is 0 Å². The van der Waals surface area contributed by atoms with Crippen molar-refractivity contribution in [2.75, 3.05) is 0 Å². The molecule has 0 aliphatic carbocycles. The van der Waals surface area contributed by atoms with Crippen molar-refractivity contribution in [3.8, 4) is 0 Å². The highest BCUT2D eigenvalue weighted by Crippen LogP contribution is 2.24. The monoisotopic (exact) mass is 286 g/mol. The molecule has 2 aromatic carbocycles. The average molecular weight is 287 g/mol. The number of thiophene rings is 1. The zero-order chi connectivity index (χ0) is 13.2. The van der Waals surface area contributed by atoms with Crippen LogP contribution in [-0.2, 0) is 6.42 Å². The normalized spacial score (nSPS) is 10.8. The fourth-order valence-electron chi connectivity index (χ4n) is 2.06. The fraction of sp³-hybridized carbons (Fsp3) is 0.0625. The van der Waals surface area contributed by atoms with Crippen molar-refractivity contribution < 1.29 is 4.79 Å². The van der Waals surface area contributed by atoms with Crippen LogP contribution in [0.1, 0.15) is 15.2 Å². The van der Waals surface area contributed by atoms with Crippen LogP contribution < -0.4 is 0 Å². The highest BCUT2D eigenvalue weighted by atomic mass is 35.5. The van der Waals surface area contributed by atoms with Crippen molar-refractivity contribution in [3.05, 3.63) is 69.4 Å². The summed E-state index contributed by atoms with van der Waals surface area (Å²) in [4.78, 5) is 13.2. The molecule has 0 amide bonds. The quantitative estimate of drug-likeness (QED) is 0.621. The van der Waals surface area contributed by atoms with Gasteiger partial charge >= 0.3 is 0 Å². The predicted octanol–water partition coefficient (Wildman–Crippen LogP) is 4.98. The third kappa shape index (κ3) is 2.55. The molecule has 3 rings (SSSR count). The maximum atomic E-state index is 12.3. The number of hydrogen-bond donors (Lipinski definition) is 0. The van der Waals surface area contributed by atoms with Crippen LogP contribution in [0.4, 0.5) is 0 Å². The number of halogens is 1. The molecule has 1 heterocycles. The minimum Gasteiger partial charge on any atom is -0.294 e. The zero-order valence-corrected chi connectivity index (χ0v) is 11.7. The highest BCUT2D eigenvalue weighted by molar-refractivity contribution is 7.10. The number of fused-ring (bicyclic) bond motifs is 1. The highest BCUT2D eigenvalue weighted by Gasteiger charge is 2.11. The first-order valence-electron chi connectivity index (χ1n) is 5.98. The first-order valence-corrected chi connectivity index (χ1v) is 7.24. The summed E-state index contributed by atoms with van der Waals surface area (Å²) in [6.45, 7) is 0. The Labute approximate surface area is 120 Å². The molecule has 0 fully saturated rings. The van der Waals surface area contributed by atoms with Gasteiger partial charge < -0.3 is 0 Å². The van der Waals surface area contributed by atoms with Gasteiger partial charge in [0, 0.05) is 16.9 Å². The molecule has 0 bridgehead atoms. The molecule has 3 aromatic rings. The maximum Gasteiger partial charge on any atom is 0.168 e. The van der Waals surface area contributed by atoms with Gasteiger partial charge in [0.15, 0.2) is 5.78 Å². The number of carbonyl (C=O) groups excluding carboxylic acids is 1.